The molecule has 2 N–H and O–H groups in total. The number of carbonyl (C=O) groups is 1. The molecule has 0 radical (unpaired) electrons. The molecular weight excluding hydrogens is 202 g/mol. The van der Waals surface area contributed by atoms with Gasteiger partial charge in [0.1, 0.15) is 5.75 Å². The highest BCUT2D eigenvalue weighted by atomic mass is 35.5. The molecule has 4 heteroatoms. The maximum absolute atomic E-state index is 11.5. The number of nitrogens with one attached hydrogen (secondary N) is 1. The number of phenolic OH excluding ortho intramolecular Hbond substituents is 1. The van der Waals surface area contributed by atoms with Crippen molar-refractivity contribution in [1.29, 1.82) is 0 Å². The summed E-state index contributed by atoms with van der Waals surface area (Å²) in [6.45, 7) is 2.03. The van der Waals surface area contributed by atoms with Crippen LogP contribution in [0.3, 0.4) is 0 Å². The summed E-state index contributed by atoms with van der Waals surface area (Å²) in [7, 11) is 1.70. The molecule has 1 aromatic rings. The molecule has 0 unspecified atom stereocenters. The Balaban J connectivity index is 3.09. The van der Waals surface area contributed by atoms with Crippen LogP contribution in [0.25, 0.3) is 0 Å². The molecule has 0 saturated carbocycles. The van der Waals surface area contributed by atoms with Crippen molar-refractivity contribution < 1.29 is 9.90 Å². The summed E-state index contributed by atoms with van der Waals surface area (Å²) in [6.07, 6.45) is 0. The lowest BCUT2D eigenvalue weighted by atomic mass is 10.0. The third-order valence-electron chi connectivity index (χ3n) is 1.93. The van der Waals surface area contributed by atoms with Crippen LogP contribution in [-0.4, -0.2) is 24.5 Å². The lowest BCUT2D eigenvalue weighted by Crippen LogP contribution is -2.19. The molecule has 1 rings (SSSR count). The maximum Gasteiger partial charge on any atom is 0.176 e. The minimum absolute atomic E-state index is 0.00479. The van der Waals surface area contributed by atoms with E-state index in [0.717, 1.165) is 5.56 Å². The van der Waals surface area contributed by atoms with Crippen LogP contribution in [0.2, 0.25) is 5.02 Å². The Hall–Kier alpha value is -1.06. The Morgan fingerprint density at radius 2 is 2.21 bits per heavy atom. The van der Waals surface area contributed by atoms with Crippen molar-refractivity contribution in [2.45, 2.75) is 6.92 Å². The van der Waals surface area contributed by atoms with Gasteiger partial charge in [0.2, 0.25) is 0 Å². The number of aromatic hydroxyl groups is 1. The number of aryl methyl sites for hydroxylation is 1. The number of hydrogen-bond donors (Lipinski definition) is 2. The Morgan fingerprint density at radius 3 is 2.79 bits per heavy atom. The second kappa shape index (κ2) is 4.44. The molecule has 3 nitrogen and oxygen atoms in total. The van der Waals surface area contributed by atoms with Gasteiger partial charge in [0.15, 0.2) is 5.78 Å². The molecule has 76 valence electrons. The number of phenols is 1. The zero-order valence-corrected chi connectivity index (χ0v) is 8.85. The Bertz CT molecular complexity index is 363. The standard InChI is InChI=1S/C10H12ClNO2/c1-6-3-9(13)8(11)4-7(6)10(14)5-12-2/h3-4,12-13H,5H2,1-2H3. The molecule has 14 heavy (non-hydrogen) atoms. The molecule has 0 saturated heterocycles. The summed E-state index contributed by atoms with van der Waals surface area (Å²) in [6, 6.07) is 2.98. The second-order valence-corrected chi connectivity index (χ2v) is 3.48. The summed E-state index contributed by atoms with van der Waals surface area (Å²) in [5.41, 5.74) is 1.27. The van der Waals surface area contributed by atoms with E-state index in [-0.39, 0.29) is 23.1 Å². The largest absolute Gasteiger partial charge is 0.506 e. The van der Waals surface area contributed by atoms with Gasteiger partial charge in [-0.05, 0) is 31.7 Å². The van der Waals surface area contributed by atoms with Crippen LogP contribution >= 0.6 is 11.6 Å². The summed E-state index contributed by atoms with van der Waals surface area (Å²) < 4.78 is 0. The highest BCUT2D eigenvalue weighted by Gasteiger charge is 2.11. The normalized spacial score (nSPS) is 10.2. The molecule has 0 aromatic heterocycles. The smallest absolute Gasteiger partial charge is 0.176 e. The van der Waals surface area contributed by atoms with Crippen LogP contribution in [0.15, 0.2) is 12.1 Å². The molecule has 0 atom stereocenters. The van der Waals surface area contributed by atoms with Gasteiger partial charge in [-0.1, -0.05) is 11.6 Å². The topological polar surface area (TPSA) is 49.3 Å². The minimum Gasteiger partial charge on any atom is -0.506 e. The summed E-state index contributed by atoms with van der Waals surface area (Å²) >= 11 is 5.71. The molecule has 0 heterocycles. The third-order valence-corrected chi connectivity index (χ3v) is 2.23. The highest BCUT2D eigenvalue weighted by molar-refractivity contribution is 6.32. The first-order valence-corrected chi connectivity index (χ1v) is 4.61. The molecule has 0 aliphatic heterocycles. The fourth-order valence-corrected chi connectivity index (χ4v) is 1.39. The van der Waals surface area contributed by atoms with E-state index in [1.165, 1.54) is 12.1 Å². The van der Waals surface area contributed by atoms with E-state index in [4.69, 9.17) is 11.6 Å². The number of carbonyl (C=O) groups excluding carboxylic acids is 1. The van der Waals surface area contributed by atoms with Gasteiger partial charge in [0, 0.05) is 5.56 Å². The van der Waals surface area contributed by atoms with Crippen molar-refractivity contribution in [3.05, 3.63) is 28.3 Å². The van der Waals surface area contributed by atoms with E-state index in [9.17, 15) is 9.90 Å². The number of rotatable bonds is 3. The molecular formula is C10H12ClNO2. The van der Waals surface area contributed by atoms with Gasteiger partial charge in [-0.25, -0.2) is 0 Å². The van der Waals surface area contributed by atoms with Crippen molar-refractivity contribution >= 4 is 17.4 Å². The number of benzene rings is 1. The SMILES string of the molecule is CNCC(=O)c1cc(Cl)c(O)cc1C. The van der Waals surface area contributed by atoms with E-state index in [1.54, 1.807) is 14.0 Å². The van der Waals surface area contributed by atoms with Crippen molar-refractivity contribution in [2.24, 2.45) is 0 Å². The van der Waals surface area contributed by atoms with Gasteiger partial charge in [0.05, 0.1) is 11.6 Å². The predicted molar refractivity (Wildman–Crippen MR) is 56.1 cm³/mol. The molecule has 0 aliphatic rings. The average molecular weight is 214 g/mol. The Morgan fingerprint density at radius 1 is 1.57 bits per heavy atom. The van der Waals surface area contributed by atoms with Gasteiger partial charge in [0.25, 0.3) is 0 Å². The Kier molecular flexibility index (Phi) is 3.49. The van der Waals surface area contributed by atoms with Crippen molar-refractivity contribution in [3.8, 4) is 5.75 Å². The quantitative estimate of drug-likeness (QED) is 0.753. The number of halogens is 1. The van der Waals surface area contributed by atoms with Gasteiger partial charge < -0.3 is 10.4 Å². The van der Waals surface area contributed by atoms with E-state index >= 15 is 0 Å². The molecule has 0 fully saturated rings. The molecule has 0 bridgehead atoms. The second-order valence-electron chi connectivity index (χ2n) is 3.07. The van der Waals surface area contributed by atoms with Gasteiger partial charge in [-0.15, -0.1) is 0 Å². The first kappa shape index (κ1) is 11.0. The van der Waals surface area contributed by atoms with Crippen molar-refractivity contribution in [3.63, 3.8) is 0 Å². The lowest BCUT2D eigenvalue weighted by molar-refractivity contribution is 0.0993. The maximum atomic E-state index is 11.5. The molecule has 0 aliphatic carbocycles. The van der Waals surface area contributed by atoms with Crippen molar-refractivity contribution in [2.75, 3.05) is 13.6 Å². The monoisotopic (exact) mass is 213 g/mol. The number of Topliss-reactive ketones (excluding diaryl/α,β-unsaturated/α-hetero) is 1. The van der Waals surface area contributed by atoms with E-state index in [0.29, 0.717) is 5.56 Å². The third kappa shape index (κ3) is 2.25. The van der Waals surface area contributed by atoms with Gasteiger partial charge in [-0.2, -0.15) is 0 Å². The minimum atomic E-state index is -0.0353. The van der Waals surface area contributed by atoms with Crippen LogP contribution in [0.1, 0.15) is 15.9 Å². The first-order valence-electron chi connectivity index (χ1n) is 4.23. The van der Waals surface area contributed by atoms with Crippen molar-refractivity contribution in [1.82, 2.24) is 5.32 Å². The summed E-state index contributed by atoms with van der Waals surface area (Å²) in [4.78, 5) is 11.5. The predicted octanol–water partition coefficient (Wildman–Crippen LogP) is 1.76. The number of ketones is 1. The lowest BCUT2D eigenvalue weighted by Gasteiger charge is -2.06. The number of likely N-dealkylation sites (N-methyl/N-ethyl adjacent to an activating group) is 1. The average Bonchev–Trinajstić information content (AvgIpc) is 2.11. The summed E-state index contributed by atoms with van der Waals surface area (Å²) in [5.74, 6) is -0.0305. The zero-order valence-electron chi connectivity index (χ0n) is 8.10. The van der Waals surface area contributed by atoms with Crippen LogP contribution in [-0.2, 0) is 0 Å². The summed E-state index contributed by atoms with van der Waals surface area (Å²) in [5, 5.41) is 12.3. The molecule has 1 aromatic carbocycles. The number of hydrogen-bond acceptors (Lipinski definition) is 3. The van der Waals surface area contributed by atoms with E-state index in [2.05, 4.69) is 5.32 Å². The molecule has 0 amide bonds. The molecule has 0 spiro atoms. The van der Waals surface area contributed by atoms with E-state index in [1.807, 2.05) is 0 Å². The fraction of sp³-hybridized carbons (Fsp3) is 0.300. The van der Waals surface area contributed by atoms with E-state index < -0.39 is 0 Å². The van der Waals surface area contributed by atoms with Crippen LogP contribution < -0.4 is 5.32 Å². The first-order chi connectivity index (χ1) is 6.56. The van der Waals surface area contributed by atoms with Crippen LogP contribution in [0, 0.1) is 6.92 Å². The Labute approximate surface area is 87.7 Å². The van der Waals surface area contributed by atoms with Gasteiger partial charge >= 0.3 is 0 Å². The van der Waals surface area contributed by atoms with Gasteiger partial charge in [-0.3, -0.25) is 4.79 Å². The highest BCUT2D eigenvalue weighted by Crippen LogP contribution is 2.26. The van der Waals surface area contributed by atoms with Crippen LogP contribution in [0.5, 0.6) is 5.75 Å². The fourth-order valence-electron chi connectivity index (χ4n) is 1.22. The zero-order chi connectivity index (χ0) is 10.7. The van der Waals surface area contributed by atoms with Crippen LogP contribution in [0.4, 0.5) is 0 Å².